The number of hydrogen-bond donors (Lipinski definition) is 1. The molecule has 1 aromatic rings. The van der Waals surface area contributed by atoms with Crippen LogP contribution in [0, 0.1) is 0 Å². The smallest absolute Gasteiger partial charge is 0.206 e. The monoisotopic (exact) mass is 288 g/mol. The van der Waals surface area contributed by atoms with Crippen LogP contribution >= 0.6 is 27.3 Å². The first-order valence-electron chi connectivity index (χ1n) is 5.31. The average molecular weight is 289 g/mol. The molecular weight excluding hydrogens is 276 g/mol. The maximum atomic E-state index is 4.06. The topological polar surface area (TPSA) is 41.1 Å². The van der Waals surface area contributed by atoms with Crippen molar-refractivity contribution in [1.82, 2.24) is 15.1 Å². The van der Waals surface area contributed by atoms with Gasteiger partial charge in [-0.3, -0.25) is 4.90 Å². The van der Waals surface area contributed by atoms with Gasteiger partial charge in [0.15, 0.2) is 3.92 Å². The minimum Gasteiger partial charge on any atom is -0.356 e. The third-order valence-corrected chi connectivity index (χ3v) is 4.30. The van der Waals surface area contributed by atoms with Gasteiger partial charge in [-0.1, -0.05) is 11.3 Å². The molecule has 1 atom stereocenters. The zero-order valence-electron chi connectivity index (χ0n) is 8.32. The molecule has 2 heterocycles. The van der Waals surface area contributed by atoms with Crippen LogP contribution in [0.15, 0.2) is 3.92 Å². The lowest BCUT2D eigenvalue weighted by Crippen LogP contribution is -2.27. The lowest BCUT2D eigenvalue weighted by molar-refractivity contribution is 0.326. The molecule has 15 heavy (non-hydrogen) atoms. The summed E-state index contributed by atoms with van der Waals surface area (Å²) in [6, 6.07) is 1.45. The number of halogens is 1. The maximum absolute atomic E-state index is 4.06. The Kier molecular flexibility index (Phi) is 2.66. The van der Waals surface area contributed by atoms with Crippen molar-refractivity contribution in [2.75, 3.05) is 18.4 Å². The number of rotatable bonds is 3. The molecule has 82 valence electrons. The summed E-state index contributed by atoms with van der Waals surface area (Å²) in [7, 11) is 0. The van der Waals surface area contributed by atoms with Gasteiger partial charge in [0.2, 0.25) is 5.13 Å². The molecule has 0 bridgehead atoms. The molecule has 4 nitrogen and oxygen atoms in total. The number of anilines is 1. The van der Waals surface area contributed by atoms with Crippen LogP contribution in [0.4, 0.5) is 5.13 Å². The highest BCUT2D eigenvalue weighted by atomic mass is 79.9. The van der Waals surface area contributed by atoms with Gasteiger partial charge in [-0.2, -0.15) is 0 Å². The normalized spacial score (nSPS) is 27.1. The van der Waals surface area contributed by atoms with Crippen molar-refractivity contribution in [3.05, 3.63) is 3.92 Å². The van der Waals surface area contributed by atoms with Crippen LogP contribution in [-0.4, -0.2) is 40.3 Å². The van der Waals surface area contributed by atoms with E-state index in [1.54, 1.807) is 11.3 Å². The predicted molar refractivity (Wildman–Crippen MR) is 64.2 cm³/mol. The Morgan fingerprint density at radius 1 is 1.33 bits per heavy atom. The number of nitrogens with zero attached hydrogens (tertiary/aromatic N) is 3. The van der Waals surface area contributed by atoms with Crippen LogP contribution < -0.4 is 5.32 Å². The summed E-state index contributed by atoms with van der Waals surface area (Å²) in [5, 5.41) is 12.4. The lowest BCUT2D eigenvalue weighted by Gasteiger charge is -2.14. The van der Waals surface area contributed by atoms with Gasteiger partial charge in [0, 0.05) is 25.2 Å². The van der Waals surface area contributed by atoms with Gasteiger partial charge in [-0.25, -0.2) is 0 Å². The minimum absolute atomic E-state index is 0.561. The number of nitrogens with one attached hydrogen (secondary N) is 1. The van der Waals surface area contributed by atoms with Crippen molar-refractivity contribution >= 4 is 32.4 Å². The molecule has 2 aliphatic rings. The first kappa shape index (κ1) is 9.99. The molecule has 3 rings (SSSR count). The Bertz CT molecular complexity index is 352. The number of likely N-dealkylation sites (tertiary alicyclic amines) is 1. The highest BCUT2D eigenvalue weighted by Gasteiger charge is 2.34. The van der Waals surface area contributed by atoms with Gasteiger partial charge < -0.3 is 5.32 Å². The van der Waals surface area contributed by atoms with E-state index in [1.165, 1.54) is 32.4 Å². The second-order valence-corrected chi connectivity index (χ2v) is 6.47. The summed E-state index contributed by atoms with van der Waals surface area (Å²) < 4.78 is 0.849. The van der Waals surface area contributed by atoms with E-state index in [-0.39, 0.29) is 0 Å². The van der Waals surface area contributed by atoms with Gasteiger partial charge in [0.05, 0.1) is 0 Å². The van der Waals surface area contributed by atoms with Gasteiger partial charge in [-0.05, 0) is 35.2 Å². The second kappa shape index (κ2) is 3.99. The van der Waals surface area contributed by atoms with Crippen molar-refractivity contribution < 1.29 is 0 Å². The molecule has 2 fully saturated rings. The number of aromatic nitrogens is 2. The molecule has 1 N–H and O–H groups in total. The molecule has 1 aromatic heterocycles. The van der Waals surface area contributed by atoms with Crippen LogP contribution in [-0.2, 0) is 0 Å². The first-order valence-corrected chi connectivity index (χ1v) is 6.92. The second-order valence-electron chi connectivity index (χ2n) is 4.22. The number of hydrogen-bond acceptors (Lipinski definition) is 5. The molecular formula is C9H13BrN4S. The van der Waals surface area contributed by atoms with Crippen molar-refractivity contribution in [1.29, 1.82) is 0 Å². The van der Waals surface area contributed by atoms with Crippen LogP contribution in [0.3, 0.4) is 0 Å². The summed E-state index contributed by atoms with van der Waals surface area (Å²) in [5.41, 5.74) is 0. The van der Waals surface area contributed by atoms with Crippen molar-refractivity contribution in [2.45, 2.75) is 31.3 Å². The van der Waals surface area contributed by atoms with E-state index in [9.17, 15) is 0 Å². The summed E-state index contributed by atoms with van der Waals surface area (Å²) in [6.45, 7) is 2.41. The summed E-state index contributed by atoms with van der Waals surface area (Å²) in [4.78, 5) is 2.59. The van der Waals surface area contributed by atoms with Gasteiger partial charge in [0.1, 0.15) is 0 Å². The van der Waals surface area contributed by atoms with Gasteiger partial charge >= 0.3 is 0 Å². The molecule has 1 unspecified atom stereocenters. The fraction of sp³-hybridized carbons (Fsp3) is 0.778. The Morgan fingerprint density at radius 2 is 2.20 bits per heavy atom. The molecule has 0 amide bonds. The summed E-state index contributed by atoms with van der Waals surface area (Å²) in [6.07, 6.45) is 4.03. The third-order valence-electron chi connectivity index (χ3n) is 3.01. The van der Waals surface area contributed by atoms with Crippen molar-refractivity contribution in [3.63, 3.8) is 0 Å². The molecule has 1 aliphatic heterocycles. The van der Waals surface area contributed by atoms with Crippen LogP contribution in [0.1, 0.15) is 19.3 Å². The largest absolute Gasteiger partial charge is 0.356 e. The van der Waals surface area contributed by atoms with Crippen LogP contribution in [0.25, 0.3) is 0 Å². The zero-order chi connectivity index (χ0) is 10.3. The SMILES string of the molecule is Brc1nnc(NC2CCN(C3CC3)C2)s1. The van der Waals surface area contributed by atoms with Crippen molar-refractivity contribution in [3.8, 4) is 0 Å². The average Bonchev–Trinajstić information content (AvgIpc) is 2.84. The Morgan fingerprint density at radius 3 is 2.87 bits per heavy atom. The van der Waals surface area contributed by atoms with E-state index in [1.807, 2.05) is 0 Å². The molecule has 0 radical (unpaired) electrons. The molecule has 0 spiro atoms. The van der Waals surface area contributed by atoms with Crippen LogP contribution in [0.2, 0.25) is 0 Å². The standard InChI is InChI=1S/C9H13BrN4S/c10-8-12-13-9(15-8)11-6-3-4-14(5-6)7-1-2-7/h6-7H,1-5H2,(H,11,13). The van der Waals surface area contributed by atoms with Crippen LogP contribution in [0.5, 0.6) is 0 Å². The highest BCUT2D eigenvalue weighted by Crippen LogP contribution is 2.31. The van der Waals surface area contributed by atoms with Gasteiger partial charge in [-0.15, -0.1) is 10.2 Å². The quantitative estimate of drug-likeness (QED) is 0.923. The third kappa shape index (κ3) is 2.32. The lowest BCUT2D eigenvalue weighted by atomic mass is 10.3. The molecule has 1 aliphatic carbocycles. The maximum Gasteiger partial charge on any atom is 0.206 e. The highest BCUT2D eigenvalue weighted by molar-refractivity contribution is 9.11. The first-order chi connectivity index (χ1) is 7.31. The van der Waals surface area contributed by atoms with Crippen molar-refractivity contribution in [2.24, 2.45) is 0 Å². The predicted octanol–water partition coefficient (Wildman–Crippen LogP) is 1.95. The molecule has 1 saturated carbocycles. The summed E-state index contributed by atoms with van der Waals surface area (Å²) in [5.74, 6) is 0. The summed E-state index contributed by atoms with van der Waals surface area (Å²) >= 11 is 4.89. The Hall–Kier alpha value is -0.200. The zero-order valence-corrected chi connectivity index (χ0v) is 10.7. The fourth-order valence-corrected chi connectivity index (χ4v) is 3.20. The van der Waals surface area contributed by atoms with E-state index >= 15 is 0 Å². The fourth-order valence-electron chi connectivity index (χ4n) is 2.11. The van der Waals surface area contributed by atoms with E-state index in [0.717, 1.165) is 15.1 Å². The molecule has 1 saturated heterocycles. The molecule has 6 heteroatoms. The van der Waals surface area contributed by atoms with E-state index in [2.05, 4.69) is 36.3 Å². The van der Waals surface area contributed by atoms with Gasteiger partial charge in [0.25, 0.3) is 0 Å². The van der Waals surface area contributed by atoms with E-state index in [4.69, 9.17) is 0 Å². The Labute approximate surface area is 101 Å². The van der Waals surface area contributed by atoms with E-state index < -0.39 is 0 Å². The Balaban J connectivity index is 1.56. The molecule has 0 aromatic carbocycles. The van der Waals surface area contributed by atoms with E-state index in [0.29, 0.717) is 6.04 Å². The minimum atomic E-state index is 0.561.